The first-order chi connectivity index (χ1) is 11.7. The lowest BCUT2D eigenvalue weighted by molar-refractivity contribution is 0.0734. The predicted octanol–water partition coefficient (Wildman–Crippen LogP) is 2.30. The number of aliphatic hydroxyl groups is 1. The first kappa shape index (κ1) is 17.1. The molecule has 3 rings (SSSR count). The molecule has 2 atom stereocenters. The molecule has 130 valence electrons. The second kappa shape index (κ2) is 7.92. The number of benzene rings is 1. The number of aryl methyl sites for hydroxylation is 2. The molecule has 0 amide bonds. The lowest BCUT2D eigenvalue weighted by atomic mass is 9.96. The minimum absolute atomic E-state index is 0.109. The normalized spacial score (nSPS) is 20.8. The van der Waals surface area contributed by atoms with Gasteiger partial charge in [0, 0.05) is 51.0 Å². The Bertz CT molecular complexity index is 638. The molecule has 0 saturated carbocycles. The van der Waals surface area contributed by atoms with Gasteiger partial charge in [0.15, 0.2) is 0 Å². The van der Waals surface area contributed by atoms with E-state index in [-0.39, 0.29) is 12.7 Å². The van der Waals surface area contributed by atoms with Crippen molar-refractivity contribution in [2.45, 2.75) is 26.0 Å². The van der Waals surface area contributed by atoms with Crippen LogP contribution in [0.3, 0.4) is 0 Å². The van der Waals surface area contributed by atoms with E-state index in [1.807, 2.05) is 24.1 Å². The van der Waals surface area contributed by atoms with Crippen molar-refractivity contribution in [2.24, 2.45) is 13.0 Å². The first-order valence-corrected chi connectivity index (χ1v) is 8.64. The molecule has 1 aromatic heterocycles. The Morgan fingerprint density at radius 3 is 2.79 bits per heavy atom. The second-order valence-electron chi connectivity index (χ2n) is 6.73. The van der Waals surface area contributed by atoms with Gasteiger partial charge in [0.05, 0.1) is 18.9 Å². The molecule has 0 aliphatic carbocycles. The van der Waals surface area contributed by atoms with Gasteiger partial charge in [-0.05, 0) is 18.9 Å². The van der Waals surface area contributed by atoms with Crippen LogP contribution in [0.25, 0.3) is 0 Å². The maximum absolute atomic E-state index is 9.43. The van der Waals surface area contributed by atoms with Crippen LogP contribution in [0.4, 0.5) is 0 Å². The zero-order chi connectivity index (χ0) is 16.9. The molecule has 1 N–H and O–H groups in total. The van der Waals surface area contributed by atoms with E-state index in [0.717, 1.165) is 31.7 Å². The monoisotopic (exact) mass is 329 g/mol. The van der Waals surface area contributed by atoms with Crippen molar-refractivity contribution in [1.29, 1.82) is 0 Å². The fourth-order valence-electron chi connectivity index (χ4n) is 3.44. The Kier molecular flexibility index (Phi) is 5.66. The molecule has 0 unspecified atom stereocenters. The molecule has 1 aliphatic heterocycles. The summed E-state index contributed by atoms with van der Waals surface area (Å²) < 4.78 is 7.79. The zero-order valence-electron chi connectivity index (χ0n) is 14.6. The van der Waals surface area contributed by atoms with Gasteiger partial charge >= 0.3 is 0 Å². The molecule has 0 spiro atoms. The van der Waals surface area contributed by atoms with Crippen molar-refractivity contribution in [3.05, 3.63) is 53.3 Å². The van der Waals surface area contributed by atoms with Crippen molar-refractivity contribution in [3.63, 3.8) is 0 Å². The van der Waals surface area contributed by atoms with Gasteiger partial charge in [-0.3, -0.25) is 9.58 Å². The molecule has 5 heteroatoms. The summed E-state index contributed by atoms with van der Waals surface area (Å²) in [5.41, 5.74) is 3.71. The predicted molar refractivity (Wildman–Crippen MR) is 93.5 cm³/mol. The van der Waals surface area contributed by atoms with Gasteiger partial charge in [-0.15, -0.1) is 0 Å². The molecule has 2 heterocycles. The smallest absolute Gasteiger partial charge is 0.0896 e. The van der Waals surface area contributed by atoms with Crippen LogP contribution in [0.15, 0.2) is 36.7 Å². The average molecular weight is 329 g/mol. The van der Waals surface area contributed by atoms with E-state index in [9.17, 15) is 5.11 Å². The Labute approximate surface area is 143 Å². The van der Waals surface area contributed by atoms with Crippen LogP contribution in [0.5, 0.6) is 0 Å². The number of aliphatic hydroxyl groups excluding tert-OH is 1. The number of hydrogen-bond donors (Lipinski definition) is 1. The molecular weight excluding hydrogens is 302 g/mol. The third kappa shape index (κ3) is 4.23. The molecule has 2 aromatic rings. The summed E-state index contributed by atoms with van der Waals surface area (Å²) >= 11 is 0. The lowest BCUT2D eigenvalue weighted by Crippen LogP contribution is -2.32. The van der Waals surface area contributed by atoms with Gasteiger partial charge in [0.25, 0.3) is 0 Å². The molecule has 0 bridgehead atoms. The third-order valence-electron chi connectivity index (χ3n) is 4.70. The summed E-state index contributed by atoms with van der Waals surface area (Å²) in [4.78, 5) is 2.33. The van der Waals surface area contributed by atoms with Gasteiger partial charge in [0.1, 0.15) is 0 Å². The summed E-state index contributed by atoms with van der Waals surface area (Å²) in [6.07, 6.45) is 5.10. The van der Waals surface area contributed by atoms with Gasteiger partial charge in [-0.25, -0.2) is 0 Å². The van der Waals surface area contributed by atoms with Gasteiger partial charge in [-0.2, -0.15) is 5.10 Å². The second-order valence-corrected chi connectivity index (χ2v) is 6.73. The standard InChI is InChI=1S/C19H27N3O2/c1-15-3-5-16(6-4-15)12-22(8-9-23)14-17-7-10-24-19(17)18-11-20-21(2)13-18/h3-6,11,13,17,19,23H,7-10,12,14H2,1-2H3/t17-,19+/m1/s1. The summed E-state index contributed by atoms with van der Waals surface area (Å²) in [5.74, 6) is 0.436. The molecule has 1 aliphatic rings. The first-order valence-electron chi connectivity index (χ1n) is 8.64. The van der Waals surface area contributed by atoms with E-state index in [2.05, 4.69) is 41.2 Å². The zero-order valence-corrected chi connectivity index (χ0v) is 14.6. The molecule has 5 nitrogen and oxygen atoms in total. The van der Waals surface area contributed by atoms with E-state index in [1.165, 1.54) is 11.1 Å². The van der Waals surface area contributed by atoms with Crippen LogP contribution >= 0.6 is 0 Å². The number of aromatic nitrogens is 2. The molecular formula is C19H27N3O2. The van der Waals surface area contributed by atoms with E-state index < -0.39 is 0 Å². The summed E-state index contributed by atoms with van der Waals surface area (Å²) in [6, 6.07) is 8.63. The van der Waals surface area contributed by atoms with Crippen LogP contribution in [0.2, 0.25) is 0 Å². The average Bonchev–Trinajstić information content (AvgIpc) is 3.18. The van der Waals surface area contributed by atoms with Crippen molar-refractivity contribution in [1.82, 2.24) is 14.7 Å². The van der Waals surface area contributed by atoms with Crippen molar-refractivity contribution in [3.8, 4) is 0 Å². The Balaban J connectivity index is 1.66. The fourth-order valence-corrected chi connectivity index (χ4v) is 3.44. The SMILES string of the molecule is Cc1ccc(CN(CCO)C[C@H]2CCO[C@@H]2c2cnn(C)c2)cc1. The molecule has 1 aromatic carbocycles. The highest BCUT2D eigenvalue weighted by molar-refractivity contribution is 5.21. The number of hydrogen-bond acceptors (Lipinski definition) is 4. The molecule has 24 heavy (non-hydrogen) atoms. The van der Waals surface area contributed by atoms with Gasteiger partial charge in [-0.1, -0.05) is 29.8 Å². The Morgan fingerprint density at radius 1 is 1.33 bits per heavy atom. The van der Waals surface area contributed by atoms with E-state index in [0.29, 0.717) is 12.5 Å². The maximum atomic E-state index is 9.43. The van der Waals surface area contributed by atoms with Crippen LogP contribution in [0.1, 0.15) is 29.2 Å². The van der Waals surface area contributed by atoms with Crippen molar-refractivity contribution < 1.29 is 9.84 Å². The van der Waals surface area contributed by atoms with Gasteiger partial charge < -0.3 is 9.84 Å². The summed E-state index contributed by atoms with van der Waals surface area (Å²) in [7, 11) is 1.93. The highest BCUT2D eigenvalue weighted by atomic mass is 16.5. The van der Waals surface area contributed by atoms with Gasteiger partial charge in [0.2, 0.25) is 0 Å². The third-order valence-corrected chi connectivity index (χ3v) is 4.70. The highest BCUT2D eigenvalue weighted by Crippen LogP contribution is 2.35. The minimum atomic E-state index is 0.109. The topological polar surface area (TPSA) is 50.5 Å². The molecule has 1 saturated heterocycles. The van der Waals surface area contributed by atoms with E-state index in [1.54, 1.807) is 0 Å². The van der Waals surface area contributed by atoms with E-state index in [4.69, 9.17) is 4.74 Å². The van der Waals surface area contributed by atoms with Crippen LogP contribution in [0, 0.1) is 12.8 Å². The fraction of sp³-hybridized carbons (Fsp3) is 0.526. The minimum Gasteiger partial charge on any atom is -0.395 e. The quantitative estimate of drug-likeness (QED) is 0.847. The Morgan fingerprint density at radius 2 is 2.12 bits per heavy atom. The summed E-state index contributed by atoms with van der Waals surface area (Å²) in [6.45, 7) is 5.54. The number of ether oxygens (including phenoxy) is 1. The van der Waals surface area contributed by atoms with E-state index >= 15 is 0 Å². The van der Waals surface area contributed by atoms with Crippen molar-refractivity contribution >= 4 is 0 Å². The highest BCUT2D eigenvalue weighted by Gasteiger charge is 2.31. The maximum Gasteiger partial charge on any atom is 0.0896 e. The van der Waals surface area contributed by atoms with Crippen LogP contribution in [-0.4, -0.2) is 46.1 Å². The Hall–Kier alpha value is -1.69. The largest absolute Gasteiger partial charge is 0.395 e. The summed E-state index contributed by atoms with van der Waals surface area (Å²) in [5, 5.41) is 13.7. The van der Waals surface area contributed by atoms with Crippen molar-refractivity contribution in [2.75, 3.05) is 26.3 Å². The van der Waals surface area contributed by atoms with Crippen LogP contribution < -0.4 is 0 Å². The number of nitrogens with zero attached hydrogens (tertiary/aromatic N) is 3. The molecule has 0 radical (unpaired) electrons. The lowest BCUT2D eigenvalue weighted by Gasteiger charge is -2.27. The number of rotatable bonds is 7. The van der Waals surface area contributed by atoms with Crippen LogP contribution in [-0.2, 0) is 18.3 Å². The molecule has 1 fully saturated rings.